The van der Waals surface area contributed by atoms with Crippen LogP contribution in [0, 0.1) is 0 Å². The molecule has 2 aromatic carbocycles. The van der Waals surface area contributed by atoms with Crippen molar-refractivity contribution in [1.82, 2.24) is 25.9 Å². The van der Waals surface area contributed by atoms with Gasteiger partial charge in [0.1, 0.15) is 0 Å². The first kappa shape index (κ1) is 18.2. The molecule has 0 radical (unpaired) electrons. The fourth-order valence-electron chi connectivity index (χ4n) is 2.63. The number of rotatable bonds is 6. The van der Waals surface area contributed by atoms with Gasteiger partial charge in [0.05, 0.1) is 10.5 Å². The van der Waals surface area contributed by atoms with Gasteiger partial charge in [-0.2, -0.15) is 5.21 Å². The van der Waals surface area contributed by atoms with Crippen LogP contribution in [0.4, 0.5) is 0 Å². The zero-order valence-electron chi connectivity index (χ0n) is 14.5. The van der Waals surface area contributed by atoms with Crippen LogP contribution in [0.3, 0.4) is 0 Å². The summed E-state index contributed by atoms with van der Waals surface area (Å²) in [6.07, 6.45) is 0. The van der Waals surface area contributed by atoms with Crippen molar-refractivity contribution in [3.63, 3.8) is 0 Å². The lowest BCUT2D eigenvalue weighted by Crippen LogP contribution is -2.21. The number of sulfonamides is 1. The van der Waals surface area contributed by atoms with Crippen molar-refractivity contribution in [1.29, 1.82) is 0 Å². The van der Waals surface area contributed by atoms with Gasteiger partial charge < -0.3 is 5.32 Å². The van der Waals surface area contributed by atoms with Crippen molar-refractivity contribution < 1.29 is 8.42 Å². The quantitative estimate of drug-likeness (QED) is 0.604. The van der Waals surface area contributed by atoms with E-state index in [0.29, 0.717) is 17.2 Å². The molecule has 0 aliphatic rings. The summed E-state index contributed by atoms with van der Waals surface area (Å²) >= 11 is 0. The number of H-pyrrole nitrogens is 1. The molecular weight excluding hydrogens is 352 g/mol. The van der Waals surface area contributed by atoms with Crippen LogP contribution in [0.2, 0.25) is 0 Å². The van der Waals surface area contributed by atoms with Gasteiger partial charge >= 0.3 is 0 Å². The van der Waals surface area contributed by atoms with E-state index in [1.54, 1.807) is 6.07 Å². The topological polar surface area (TPSA) is 127 Å². The number of hydrogen-bond donors (Lipinski definition) is 3. The molecule has 0 fully saturated rings. The second-order valence-corrected chi connectivity index (χ2v) is 7.72. The number of primary sulfonamides is 1. The first-order valence-corrected chi connectivity index (χ1v) is 9.63. The fourth-order valence-corrected chi connectivity index (χ4v) is 3.39. The fraction of sp³-hybridized carbons (Fsp3) is 0.235. The Labute approximate surface area is 151 Å². The molecule has 0 amide bonds. The maximum Gasteiger partial charge on any atom is 0.238 e. The number of benzene rings is 2. The number of tetrazole rings is 1. The number of aromatic nitrogens is 4. The third-order valence-electron chi connectivity index (χ3n) is 3.88. The third-order valence-corrected chi connectivity index (χ3v) is 4.83. The van der Waals surface area contributed by atoms with Crippen molar-refractivity contribution in [3.8, 4) is 22.5 Å². The molecular formula is C17H20N6O2S. The normalized spacial score (nSPS) is 11.8. The van der Waals surface area contributed by atoms with Gasteiger partial charge in [-0.15, -0.1) is 10.2 Å². The first-order valence-electron chi connectivity index (χ1n) is 8.08. The lowest BCUT2D eigenvalue weighted by atomic mass is 9.98. The summed E-state index contributed by atoms with van der Waals surface area (Å²) in [7, 11) is -3.95. The molecule has 0 unspecified atom stereocenters. The summed E-state index contributed by atoms with van der Waals surface area (Å²) in [5, 5.41) is 22.5. The molecule has 4 N–H and O–H groups in total. The van der Waals surface area contributed by atoms with E-state index in [-0.39, 0.29) is 10.7 Å². The Hall–Kier alpha value is -2.62. The Morgan fingerprint density at radius 1 is 1.15 bits per heavy atom. The summed E-state index contributed by atoms with van der Waals surface area (Å²) in [4.78, 5) is -0.0399. The molecule has 0 saturated carbocycles. The summed E-state index contributed by atoms with van der Waals surface area (Å²) in [5.74, 6) is 0.176. The van der Waals surface area contributed by atoms with Crippen LogP contribution < -0.4 is 10.5 Å². The minimum absolute atomic E-state index is 0.0399. The van der Waals surface area contributed by atoms with Crippen LogP contribution >= 0.6 is 0 Å². The van der Waals surface area contributed by atoms with E-state index < -0.39 is 10.0 Å². The summed E-state index contributed by atoms with van der Waals surface area (Å²) in [6, 6.07) is 13.1. The minimum Gasteiger partial charge on any atom is -0.310 e. The molecule has 136 valence electrons. The molecule has 0 aliphatic carbocycles. The highest BCUT2D eigenvalue weighted by Gasteiger charge is 2.22. The van der Waals surface area contributed by atoms with Crippen LogP contribution in [0.1, 0.15) is 19.4 Å². The number of nitrogens with one attached hydrogen (secondary N) is 2. The monoisotopic (exact) mass is 372 g/mol. The van der Waals surface area contributed by atoms with Gasteiger partial charge in [0, 0.05) is 12.6 Å². The van der Waals surface area contributed by atoms with E-state index in [0.717, 1.165) is 17.7 Å². The number of aromatic amines is 1. The number of nitrogens with two attached hydrogens (primary N) is 1. The molecule has 0 saturated heterocycles. The van der Waals surface area contributed by atoms with E-state index in [4.69, 9.17) is 5.14 Å². The molecule has 26 heavy (non-hydrogen) atoms. The van der Waals surface area contributed by atoms with Crippen molar-refractivity contribution in [3.05, 3.63) is 48.0 Å². The largest absolute Gasteiger partial charge is 0.310 e. The van der Waals surface area contributed by atoms with E-state index in [1.807, 2.05) is 30.3 Å². The van der Waals surface area contributed by atoms with Crippen LogP contribution in [0.25, 0.3) is 22.5 Å². The highest BCUT2D eigenvalue weighted by atomic mass is 32.2. The predicted molar refractivity (Wildman–Crippen MR) is 98.4 cm³/mol. The summed E-state index contributed by atoms with van der Waals surface area (Å²) in [6.45, 7) is 4.93. The molecule has 0 atom stereocenters. The second-order valence-electron chi connectivity index (χ2n) is 6.19. The maximum atomic E-state index is 12.0. The van der Waals surface area contributed by atoms with Crippen LogP contribution in [0.15, 0.2) is 47.4 Å². The van der Waals surface area contributed by atoms with Gasteiger partial charge in [0.15, 0.2) is 0 Å². The van der Waals surface area contributed by atoms with Crippen molar-refractivity contribution in [2.75, 3.05) is 0 Å². The Morgan fingerprint density at radius 2 is 1.88 bits per heavy atom. The number of nitrogens with zero attached hydrogens (tertiary/aromatic N) is 3. The van der Waals surface area contributed by atoms with Crippen LogP contribution in [-0.4, -0.2) is 35.1 Å². The molecule has 3 aromatic rings. The standard InChI is InChI=1S/C17H20N6O2S/c1-11(2)19-10-12-6-8-13(9-7-12)14-4-3-5-15(26(18,24)25)16(14)17-20-22-23-21-17/h3-9,11,19H,10H2,1-2H3,(H2,18,24,25)(H,20,21,22,23). The average Bonchev–Trinajstić information content (AvgIpc) is 3.13. The van der Waals surface area contributed by atoms with E-state index in [1.165, 1.54) is 6.07 Å². The van der Waals surface area contributed by atoms with E-state index in [9.17, 15) is 8.42 Å². The van der Waals surface area contributed by atoms with E-state index >= 15 is 0 Å². The molecule has 3 rings (SSSR count). The lowest BCUT2D eigenvalue weighted by Gasteiger charge is -2.12. The van der Waals surface area contributed by atoms with Gasteiger partial charge in [-0.3, -0.25) is 0 Å². The maximum absolute atomic E-state index is 12.0. The third kappa shape index (κ3) is 3.96. The van der Waals surface area contributed by atoms with Gasteiger partial charge in [0.2, 0.25) is 15.8 Å². The molecule has 0 bridgehead atoms. The highest BCUT2D eigenvalue weighted by Crippen LogP contribution is 2.34. The lowest BCUT2D eigenvalue weighted by molar-refractivity contribution is 0.589. The molecule has 0 aliphatic heterocycles. The smallest absolute Gasteiger partial charge is 0.238 e. The molecule has 0 spiro atoms. The Kier molecular flexibility index (Phi) is 5.12. The van der Waals surface area contributed by atoms with Crippen molar-refractivity contribution in [2.24, 2.45) is 5.14 Å². The van der Waals surface area contributed by atoms with E-state index in [2.05, 4.69) is 39.8 Å². The Balaban J connectivity index is 2.08. The van der Waals surface area contributed by atoms with Gasteiger partial charge in [-0.1, -0.05) is 50.2 Å². The summed E-state index contributed by atoms with van der Waals surface area (Å²) in [5.41, 5.74) is 2.97. The second kappa shape index (κ2) is 7.32. The van der Waals surface area contributed by atoms with Crippen LogP contribution in [-0.2, 0) is 16.6 Å². The summed E-state index contributed by atoms with van der Waals surface area (Å²) < 4.78 is 24.0. The van der Waals surface area contributed by atoms with Crippen molar-refractivity contribution >= 4 is 10.0 Å². The zero-order valence-corrected chi connectivity index (χ0v) is 15.3. The SMILES string of the molecule is CC(C)NCc1ccc(-c2cccc(S(N)(=O)=O)c2-c2nn[nH]n2)cc1. The molecule has 8 nitrogen and oxygen atoms in total. The van der Waals surface area contributed by atoms with Gasteiger partial charge in [-0.05, 0) is 28.0 Å². The molecule has 1 heterocycles. The van der Waals surface area contributed by atoms with Crippen LogP contribution in [0.5, 0.6) is 0 Å². The van der Waals surface area contributed by atoms with Crippen molar-refractivity contribution in [2.45, 2.75) is 31.3 Å². The average molecular weight is 372 g/mol. The Bertz CT molecular complexity index is 983. The first-order chi connectivity index (χ1) is 12.4. The highest BCUT2D eigenvalue weighted by molar-refractivity contribution is 7.89. The minimum atomic E-state index is -3.95. The number of hydrogen-bond acceptors (Lipinski definition) is 6. The molecule has 9 heteroatoms. The van der Waals surface area contributed by atoms with Gasteiger partial charge in [0.25, 0.3) is 0 Å². The zero-order chi connectivity index (χ0) is 18.7. The predicted octanol–water partition coefficient (Wildman–Crippen LogP) is 1.68. The molecule has 1 aromatic heterocycles. The Morgan fingerprint density at radius 3 is 2.46 bits per heavy atom. The van der Waals surface area contributed by atoms with Gasteiger partial charge in [-0.25, -0.2) is 13.6 Å².